The minimum Gasteiger partial charge on any atom is -0.302 e. The quantitative estimate of drug-likeness (QED) is 0.278. The molecule has 0 aliphatic rings. The van der Waals surface area contributed by atoms with Gasteiger partial charge in [-0.25, -0.2) is 4.57 Å². The molecule has 17 heavy (non-hydrogen) atoms. The van der Waals surface area contributed by atoms with Crippen LogP contribution in [0.1, 0.15) is 40.0 Å². The largest absolute Gasteiger partial charge is 0.456 e. The van der Waals surface area contributed by atoms with Crippen molar-refractivity contribution in [1.82, 2.24) is 0 Å². The van der Waals surface area contributed by atoms with Crippen LogP contribution < -0.4 is 0 Å². The van der Waals surface area contributed by atoms with Gasteiger partial charge < -0.3 is 9.05 Å². The summed E-state index contributed by atoms with van der Waals surface area (Å²) in [5.74, 6) is 0. The third kappa shape index (κ3) is 3.72. The maximum absolute atomic E-state index is 14.3. The van der Waals surface area contributed by atoms with Crippen LogP contribution in [0.25, 0.3) is 0 Å². The third-order valence-corrected chi connectivity index (χ3v) is 4.57. The third-order valence-electron chi connectivity index (χ3n) is 2.15. The summed E-state index contributed by atoms with van der Waals surface area (Å²) in [6, 6.07) is 0. The lowest BCUT2D eigenvalue weighted by atomic mass is 10.2. The number of unbranched alkanes of at least 4 members (excludes halogenated alkanes) is 1. The SMILES string of the molecule is CCCCC(F)([N+](=O)[O-])P(=O)(OCC)OCC. The molecule has 0 spiro atoms. The average molecular weight is 271 g/mol. The van der Waals surface area contributed by atoms with Gasteiger partial charge in [0.05, 0.1) is 24.6 Å². The van der Waals surface area contributed by atoms with Crippen molar-refractivity contribution in [3.8, 4) is 0 Å². The zero-order chi connectivity index (χ0) is 13.5. The van der Waals surface area contributed by atoms with E-state index in [0.29, 0.717) is 6.42 Å². The molecule has 102 valence electrons. The number of nitro groups is 1. The Balaban J connectivity index is 5.21. The number of alkyl halides is 1. The van der Waals surface area contributed by atoms with Gasteiger partial charge in [-0.15, -0.1) is 0 Å². The second-order valence-electron chi connectivity index (χ2n) is 3.41. The molecule has 0 bridgehead atoms. The summed E-state index contributed by atoms with van der Waals surface area (Å²) in [6.45, 7) is 4.50. The highest BCUT2D eigenvalue weighted by Crippen LogP contribution is 2.62. The molecule has 0 rings (SSSR count). The zero-order valence-corrected chi connectivity index (χ0v) is 11.2. The van der Waals surface area contributed by atoms with Crippen LogP contribution in [0, 0.1) is 10.1 Å². The molecule has 0 N–H and O–H groups in total. The molecule has 0 saturated heterocycles. The van der Waals surface area contributed by atoms with Gasteiger partial charge in [-0.1, -0.05) is 13.3 Å². The predicted octanol–water partition coefficient (Wildman–Crippen LogP) is 3.34. The summed E-state index contributed by atoms with van der Waals surface area (Å²) in [7, 11) is -4.39. The summed E-state index contributed by atoms with van der Waals surface area (Å²) in [6.07, 6.45) is 0.313. The number of nitrogens with zero attached hydrogens (tertiary/aromatic N) is 1. The Kier molecular flexibility index (Phi) is 6.82. The fourth-order valence-electron chi connectivity index (χ4n) is 1.30. The van der Waals surface area contributed by atoms with Crippen LogP contribution >= 0.6 is 7.60 Å². The van der Waals surface area contributed by atoms with E-state index in [4.69, 9.17) is 9.05 Å². The summed E-state index contributed by atoms with van der Waals surface area (Å²) >= 11 is 0. The predicted molar refractivity (Wildman–Crippen MR) is 61.2 cm³/mol. The van der Waals surface area contributed by atoms with Gasteiger partial charge in [0.15, 0.2) is 0 Å². The van der Waals surface area contributed by atoms with Crippen molar-refractivity contribution < 1.29 is 22.9 Å². The van der Waals surface area contributed by atoms with Gasteiger partial charge in [0.25, 0.3) is 0 Å². The fraction of sp³-hybridized carbons (Fsp3) is 1.00. The minimum absolute atomic E-state index is 0.108. The molecule has 0 saturated carbocycles. The van der Waals surface area contributed by atoms with Crippen LogP contribution in [0.5, 0.6) is 0 Å². The second kappa shape index (κ2) is 7.03. The van der Waals surface area contributed by atoms with Gasteiger partial charge in [0.1, 0.15) is 0 Å². The van der Waals surface area contributed by atoms with Crippen LogP contribution in [0.3, 0.4) is 0 Å². The van der Waals surface area contributed by atoms with E-state index in [-0.39, 0.29) is 19.6 Å². The second-order valence-corrected chi connectivity index (χ2v) is 5.61. The van der Waals surface area contributed by atoms with Crippen LogP contribution in [0.2, 0.25) is 0 Å². The van der Waals surface area contributed by atoms with Gasteiger partial charge in [-0.3, -0.25) is 10.1 Å². The maximum atomic E-state index is 14.3. The normalized spacial score (nSPS) is 15.5. The van der Waals surface area contributed by atoms with Crippen molar-refractivity contribution in [3.63, 3.8) is 0 Å². The summed E-state index contributed by atoms with van der Waals surface area (Å²) in [4.78, 5) is 9.62. The van der Waals surface area contributed by atoms with E-state index in [0.717, 1.165) is 0 Å². The van der Waals surface area contributed by atoms with E-state index in [9.17, 15) is 19.1 Å². The van der Waals surface area contributed by atoms with E-state index >= 15 is 0 Å². The van der Waals surface area contributed by atoms with E-state index < -0.39 is 24.5 Å². The van der Waals surface area contributed by atoms with Crippen molar-refractivity contribution >= 4 is 7.60 Å². The molecule has 0 heterocycles. The monoisotopic (exact) mass is 271 g/mol. The molecule has 8 heteroatoms. The standard InChI is InChI=1S/C9H19FNO5P/c1-4-7-8-9(10,11(12)13)17(14,15-5-2)16-6-3/h4-8H2,1-3H3. The van der Waals surface area contributed by atoms with Crippen LogP contribution in [0.15, 0.2) is 0 Å². The van der Waals surface area contributed by atoms with Crippen molar-refractivity contribution in [1.29, 1.82) is 0 Å². The summed E-state index contributed by atoms with van der Waals surface area (Å²) in [5, 5.41) is 10.8. The van der Waals surface area contributed by atoms with E-state index in [1.165, 1.54) is 13.8 Å². The Morgan fingerprint density at radius 1 is 1.29 bits per heavy atom. The first-order valence-corrected chi connectivity index (χ1v) is 7.14. The minimum atomic E-state index is -4.39. The lowest BCUT2D eigenvalue weighted by molar-refractivity contribution is -0.579. The lowest BCUT2D eigenvalue weighted by Gasteiger charge is -2.24. The molecule has 0 aliphatic carbocycles. The van der Waals surface area contributed by atoms with Crippen LogP contribution in [0.4, 0.5) is 4.39 Å². The molecular weight excluding hydrogens is 252 g/mol. The van der Waals surface area contributed by atoms with E-state index in [1.54, 1.807) is 6.92 Å². The Morgan fingerprint density at radius 3 is 2.06 bits per heavy atom. The Bertz CT molecular complexity index is 291. The highest BCUT2D eigenvalue weighted by Gasteiger charge is 2.63. The molecule has 1 atom stereocenters. The van der Waals surface area contributed by atoms with Crippen molar-refractivity contribution in [2.24, 2.45) is 0 Å². The molecule has 0 aromatic carbocycles. The number of hydrogen-bond donors (Lipinski definition) is 0. The zero-order valence-electron chi connectivity index (χ0n) is 10.3. The van der Waals surface area contributed by atoms with E-state index in [2.05, 4.69) is 0 Å². The van der Waals surface area contributed by atoms with E-state index in [1.807, 2.05) is 0 Å². The summed E-state index contributed by atoms with van der Waals surface area (Å²) < 4.78 is 35.9. The lowest BCUT2D eigenvalue weighted by Crippen LogP contribution is -2.35. The highest BCUT2D eigenvalue weighted by molar-refractivity contribution is 7.55. The molecule has 0 fully saturated rings. The van der Waals surface area contributed by atoms with Crippen LogP contribution in [-0.4, -0.2) is 23.7 Å². The maximum Gasteiger partial charge on any atom is 0.456 e. The molecule has 6 nitrogen and oxygen atoms in total. The number of rotatable bonds is 9. The molecular formula is C9H19FNO5P. The Morgan fingerprint density at radius 2 is 1.76 bits per heavy atom. The molecule has 0 aromatic rings. The smallest absolute Gasteiger partial charge is 0.302 e. The topological polar surface area (TPSA) is 78.7 Å². The summed E-state index contributed by atoms with van der Waals surface area (Å²) in [5.41, 5.74) is -3.16. The molecule has 0 radical (unpaired) electrons. The fourth-order valence-corrected chi connectivity index (χ4v) is 3.09. The Hall–Kier alpha value is -0.520. The first kappa shape index (κ1) is 16.5. The molecule has 0 aromatic heterocycles. The van der Waals surface area contributed by atoms with Crippen LogP contribution in [-0.2, 0) is 13.6 Å². The Labute approximate surface area is 100 Å². The average Bonchev–Trinajstić information content (AvgIpc) is 2.26. The van der Waals surface area contributed by atoms with Gasteiger partial charge in [-0.05, 0) is 20.3 Å². The van der Waals surface area contributed by atoms with Gasteiger partial charge in [0, 0.05) is 0 Å². The molecule has 1 unspecified atom stereocenters. The first-order chi connectivity index (χ1) is 7.88. The first-order valence-electron chi connectivity index (χ1n) is 5.60. The molecule has 0 aliphatic heterocycles. The van der Waals surface area contributed by atoms with Crippen molar-refractivity contribution in [3.05, 3.63) is 10.1 Å². The van der Waals surface area contributed by atoms with Gasteiger partial charge >= 0.3 is 13.1 Å². The van der Waals surface area contributed by atoms with Gasteiger partial charge in [-0.2, -0.15) is 4.39 Å². The molecule has 0 amide bonds. The van der Waals surface area contributed by atoms with Crippen molar-refractivity contribution in [2.75, 3.05) is 13.2 Å². The van der Waals surface area contributed by atoms with Gasteiger partial charge in [0.2, 0.25) is 0 Å². The van der Waals surface area contributed by atoms with Crippen molar-refractivity contribution in [2.45, 2.75) is 45.6 Å². The highest BCUT2D eigenvalue weighted by atomic mass is 31.2. The number of hydrogen-bond acceptors (Lipinski definition) is 5. The number of halogens is 1.